The topological polar surface area (TPSA) is 284 Å². The number of rotatable bonds is 5. The molecule has 2 heterocycles. The molecule has 0 saturated heterocycles. The van der Waals surface area contributed by atoms with Crippen molar-refractivity contribution >= 4 is 81.9 Å². The quantitative estimate of drug-likeness (QED) is 0.176. The summed E-state index contributed by atoms with van der Waals surface area (Å²) >= 11 is 23.9. The zero-order valence-electron chi connectivity index (χ0n) is 20.4. The second-order valence-electron chi connectivity index (χ2n) is 7.56. The van der Waals surface area contributed by atoms with Crippen LogP contribution in [0.25, 0.3) is 22.5 Å². The molecule has 15 nitrogen and oxygen atoms in total. The van der Waals surface area contributed by atoms with Crippen molar-refractivity contribution in [3.8, 4) is 22.5 Å². The fraction of sp³-hybridized carbons (Fsp3) is 0.0909. The van der Waals surface area contributed by atoms with Crippen LogP contribution in [0.1, 0.15) is 6.42 Å². The molecule has 19 heteroatoms. The van der Waals surface area contributed by atoms with Gasteiger partial charge in [-0.1, -0.05) is 80.9 Å². The Hall–Kier alpha value is -4.28. The van der Waals surface area contributed by atoms with Gasteiger partial charge in [-0.2, -0.15) is 0 Å². The normalized spacial score (nSPS) is 10.9. The summed E-state index contributed by atoms with van der Waals surface area (Å²) in [7, 11) is 0. The van der Waals surface area contributed by atoms with Crippen molar-refractivity contribution in [1.82, 2.24) is 20.4 Å². The van der Waals surface area contributed by atoms with Gasteiger partial charge in [-0.05, 0) is 12.1 Å². The van der Waals surface area contributed by atoms with Crippen LogP contribution in [0.3, 0.4) is 0 Å². The summed E-state index contributed by atoms with van der Waals surface area (Å²) in [5.41, 5.74) is 24.3. The molecule has 0 aliphatic heterocycles. The minimum Gasteiger partial charge on any atom is -0.550 e. The van der Waals surface area contributed by atoms with E-state index in [0.29, 0.717) is 42.6 Å². The molecule has 0 amide bonds. The van der Waals surface area contributed by atoms with E-state index in [2.05, 4.69) is 30.4 Å². The van der Waals surface area contributed by atoms with Gasteiger partial charge in [0.2, 0.25) is 11.6 Å². The van der Waals surface area contributed by atoms with E-state index in [0.717, 1.165) is 0 Å². The number of aliphatic hydroxyl groups is 1. The molecule has 216 valence electrons. The predicted octanol–water partition coefficient (Wildman–Crippen LogP) is -0.905. The number of carbonyl (C=O) groups is 2. The van der Waals surface area contributed by atoms with E-state index in [4.69, 9.17) is 74.4 Å². The molecule has 1 atom stereocenters. The maximum Gasteiger partial charge on any atom is 0.364 e. The SMILES string of the molecule is Nc1nnc(-c2cccc(Cl)c2Cl)c(N)[nH+]1.Nc1nnc(-c2cccc(Cl)c2Cl)c(N)[nH+]1.O=C([O-])C[C@H](O)C(=O)[O-]. The maximum absolute atomic E-state index is 9.58. The first-order chi connectivity index (χ1) is 19.2. The molecule has 4 rings (SSSR count). The molecule has 0 radical (unpaired) electrons. The average Bonchev–Trinajstić information content (AvgIpc) is 2.88. The smallest absolute Gasteiger partial charge is 0.364 e. The van der Waals surface area contributed by atoms with Crippen LogP contribution in [0.15, 0.2) is 36.4 Å². The highest BCUT2D eigenvalue weighted by molar-refractivity contribution is 6.44. The van der Waals surface area contributed by atoms with E-state index < -0.39 is 24.5 Å². The fourth-order valence-corrected chi connectivity index (χ4v) is 3.55. The van der Waals surface area contributed by atoms with E-state index in [1.54, 1.807) is 36.4 Å². The summed E-state index contributed by atoms with van der Waals surface area (Å²) in [5, 5.41) is 44.1. The van der Waals surface area contributed by atoms with Crippen LogP contribution in [-0.2, 0) is 9.59 Å². The minimum atomic E-state index is -1.96. The van der Waals surface area contributed by atoms with Crippen molar-refractivity contribution in [2.24, 2.45) is 0 Å². The Morgan fingerprint density at radius 3 is 1.44 bits per heavy atom. The molecule has 2 aromatic heterocycles. The van der Waals surface area contributed by atoms with Crippen LogP contribution >= 0.6 is 46.4 Å². The standard InChI is InChI=1S/2C9H7Cl2N5.C4H6O5/c2*10-5-3-1-2-4(6(5)11)7-8(12)14-9(13)16-15-7;5-2(4(8)9)1-3(6)7/h2*1-3H,(H4,12,13,14,16);2,5H,1H2,(H,6,7)(H,8,9)/t;;2-/m..0/s1. The summed E-state index contributed by atoms with van der Waals surface area (Å²) in [5.74, 6) is -2.57. The number of aromatic amines is 2. The van der Waals surface area contributed by atoms with Gasteiger partial charge in [-0.3, -0.25) is 0 Å². The number of benzene rings is 2. The van der Waals surface area contributed by atoms with Crippen molar-refractivity contribution < 1.29 is 34.9 Å². The second-order valence-corrected chi connectivity index (χ2v) is 9.13. The van der Waals surface area contributed by atoms with E-state index in [1.807, 2.05) is 0 Å². The monoisotopic (exact) mass is 644 g/mol. The minimum absolute atomic E-state index is 0.138. The van der Waals surface area contributed by atoms with Crippen LogP contribution in [0.4, 0.5) is 23.5 Å². The molecule has 0 bridgehead atoms. The zero-order chi connectivity index (χ0) is 30.9. The molecule has 0 fully saturated rings. The number of hydrogen-bond acceptors (Lipinski definition) is 13. The number of aliphatic carboxylic acids is 2. The van der Waals surface area contributed by atoms with E-state index in [1.165, 1.54) is 0 Å². The molecule has 0 spiro atoms. The highest BCUT2D eigenvalue weighted by atomic mass is 35.5. The lowest BCUT2D eigenvalue weighted by Crippen LogP contribution is -2.39. The molecule has 11 N–H and O–H groups in total. The van der Waals surface area contributed by atoms with Gasteiger partial charge in [0.15, 0.2) is 11.4 Å². The Labute approximate surface area is 251 Å². The molecule has 4 aromatic rings. The number of nitrogens with one attached hydrogen (secondary N) is 2. The van der Waals surface area contributed by atoms with Crippen molar-refractivity contribution in [2.45, 2.75) is 12.5 Å². The lowest BCUT2D eigenvalue weighted by molar-refractivity contribution is -0.347. The van der Waals surface area contributed by atoms with Gasteiger partial charge >= 0.3 is 11.9 Å². The summed E-state index contributed by atoms with van der Waals surface area (Å²) in [6.45, 7) is 0. The molecule has 0 unspecified atom stereocenters. The molecule has 0 aliphatic rings. The number of nitrogen functional groups attached to an aromatic ring is 4. The van der Waals surface area contributed by atoms with E-state index in [9.17, 15) is 19.8 Å². The number of nitrogens with zero attached hydrogens (tertiary/aromatic N) is 4. The Balaban J connectivity index is 0.000000225. The van der Waals surface area contributed by atoms with Crippen LogP contribution in [0, 0.1) is 0 Å². The number of carboxylic acid groups (broad SMARTS) is 2. The third-order valence-corrected chi connectivity index (χ3v) is 6.23. The summed E-state index contributed by atoms with van der Waals surface area (Å²) in [4.78, 5) is 24.5. The first-order valence-corrected chi connectivity index (χ1v) is 12.3. The third kappa shape index (κ3) is 9.40. The summed E-state index contributed by atoms with van der Waals surface area (Å²) in [6.07, 6.45) is -2.89. The van der Waals surface area contributed by atoms with Gasteiger partial charge in [0.25, 0.3) is 0 Å². The fourth-order valence-electron chi connectivity index (χ4n) is 2.77. The third-order valence-electron chi connectivity index (χ3n) is 4.60. The summed E-state index contributed by atoms with van der Waals surface area (Å²) in [6, 6.07) is 10.4. The van der Waals surface area contributed by atoms with Crippen LogP contribution in [-0.4, -0.2) is 43.5 Å². The highest BCUT2D eigenvalue weighted by Gasteiger charge is 2.16. The first-order valence-electron chi connectivity index (χ1n) is 10.8. The van der Waals surface area contributed by atoms with Crippen LogP contribution < -0.4 is 43.1 Å². The molecule has 0 aliphatic carbocycles. The second kappa shape index (κ2) is 14.9. The first kappa shape index (κ1) is 32.9. The number of H-pyrrole nitrogens is 2. The van der Waals surface area contributed by atoms with Gasteiger partial charge in [-0.15, -0.1) is 0 Å². The number of halogens is 4. The summed E-state index contributed by atoms with van der Waals surface area (Å²) < 4.78 is 0. The largest absolute Gasteiger partial charge is 0.550 e. The molecule has 2 aromatic carbocycles. The lowest BCUT2D eigenvalue weighted by Gasteiger charge is -2.10. The maximum atomic E-state index is 9.58. The molecular formula is C22H20Cl4N10O5. The molecule has 0 saturated carbocycles. The van der Waals surface area contributed by atoms with Gasteiger partial charge in [0, 0.05) is 33.7 Å². The zero-order valence-corrected chi connectivity index (χ0v) is 23.5. The Morgan fingerprint density at radius 2 is 1.15 bits per heavy atom. The van der Waals surface area contributed by atoms with Crippen molar-refractivity contribution in [3.05, 3.63) is 56.5 Å². The van der Waals surface area contributed by atoms with E-state index >= 15 is 0 Å². The van der Waals surface area contributed by atoms with Gasteiger partial charge in [0.05, 0.1) is 32.2 Å². The Bertz CT molecular complexity index is 1460. The van der Waals surface area contributed by atoms with Crippen LogP contribution in [0.5, 0.6) is 0 Å². The van der Waals surface area contributed by atoms with Crippen molar-refractivity contribution in [1.29, 1.82) is 0 Å². The van der Waals surface area contributed by atoms with Gasteiger partial charge in [-0.25, -0.2) is 9.97 Å². The van der Waals surface area contributed by atoms with Crippen molar-refractivity contribution in [3.63, 3.8) is 0 Å². The number of nitrogens with two attached hydrogens (primary N) is 4. The number of carboxylic acids is 2. The molecule has 41 heavy (non-hydrogen) atoms. The number of aromatic nitrogens is 6. The Morgan fingerprint density at radius 1 is 0.756 bits per heavy atom. The van der Waals surface area contributed by atoms with Crippen LogP contribution in [0.2, 0.25) is 20.1 Å². The van der Waals surface area contributed by atoms with Gasteiger partial charge < -0.3 is 47.8 Å². The highest BCUT2D eigenvalue weighted by Crippen LogP contribution is 2.34. The number of carbonyl (C=O) groups excluding carboxylic acids is 2. The van der Waals surface area contributed by atoms with E-state index in [-0.39, 0.29) is 23.5 Å². The predicted molar refractivity (Wildman–Crippen MR) is 146 cm³/mol. The average molecular weight is 646 g/mol. The van der Waals surface area contributed by atoms with Gasteiger partial charge in [0.1, 0.15) is 0 Å². The number of aliphatic hydroxyl groups excluding tert-OH is 1. The number of hydrogen-bond donors (Lipinski definition) is 5. The molecular weight excluding hydrogens is 626 g/mol. The Kier molecular flexibility index (Phi) is 12.0. The lowest BCUT2D eigenvalue weighted by atomic mass is 10.1. The van der Waals surface area contributed by atoms with Crippen molar-refractivity contribution in [2.75, 3.05) is 22.9 Å². The number of anilines is 4.